The van der Waals surface area contributed by atoms with Gasteiger partial charge < -0.3 is 0 Å². The second kappa shape index (κ2) is 3.58. The zero-order chi connectivity index (χ0) is 9.97. The molecule has 1 aromatic carbocycles. The lowest BCUT2D eigenvalue weighted by molar-refractivity contribution is 0.628. The van der Waals surface area contributed by atoms with Crippen LogP contribution in [0.3, 0.4) is 0 Å². The summed E-state index contributed by atoms with van der Waals surface area (Å²) in [6, 6.07) is 11.1. The molecule has 0 aliphatic rings. The molecule has 2 aromatic rings. The summed E-state index contributed by atoms with van der Waals surface area (Å²) in [7, 11) is 0. The summed E-state index contributed by atoms with van der Waals surface area (Å²) >= 11 is 0. The summed E-state index contributed by atoms with van der Waals surface area (Å²) in [5.41, 5.74) is 2.66. The van der Waals surface area contributed by atoms with E-state index in [1.807, 2.05) is 19.1 Å². The Labute approximate surface area is 82.2 Å². The Hall–Kier alpha value is -1.70. The fourth-order valence-electron chi connectivity index (χ4n) is 1.39. The second-order valence-electron chi connectivity index (χ2n) is 3.08. The number of rotatable bonds is 1. The molecule has 0 aliphatic carbocycles. The fraction of sp³-hybridized carbons (Fsp3) is 0.0833. The van der Waals surface area contributed by atoms with Crippen LogP contribution >= 0.6 is 0 Å². The van der Waals surface area contributed by atoms with Crippen LogP contribution in [0.5, 0.6) is 0 Å². The number of pyridine rings is 1. The van der Waals surface area contributed by atoms with E-state index in [2.05, 4.69) is 11.1 Å². The Morgan fingerprint density at radius 3 is 2.93 bits per heavy atom. The maximum Gasteiger partial charge on any atom is 0.124 e. The van der Waals surface area contributed by atoms with Gasteiger partial charge in [0, 0.05) is 17.5 Å². The molecule has 69 valence electrons. The lowest BCUT2D eigenvalue weighted by Gasteiger charge is -2.03. The van der Waals surface area contributed by atoms with E-state index in [1.165, 1.54) is 12.1 Å². The van der Waals surface area contributed by atoms with E-state index in [-0.39, 0.29) is 5.82 Å². The molecule has 0 fully saturated rings. The highest BCUT2D eigenvalue weighted by molar-refractivity contribution is 5.65. The first-order valence-electron chi connectivity index (χ1n) is 4.36. The Morgan fingerprint density at radius 2 is 2.21 bits per heavy atom. The molecule has 0 saturated carbocycles. The lowest BCUT2D eigenvalue weighted by Crippen LogP contribution is -1.86. The zero-order valence-corrected chi connectivity index (χ0v) is 7.79. The minimum absolute atomic E-state index is 0.272. The van der Waals surface area contributed by atoms with E-state index < -0.39 is 0 Å². The highest BCUT2D eigenvalue weighted by Crippen LogP contribution is 2.21. The Balaban J connectivity index is 2.55. The highest BCUT2D eigenvalue weighted by Gasteiger charge is 2.02. The van der Waals surface area contributed by atoms with Gasteiger partial charge in [-0.15, -0.1) is 0 Å². The number of benzene rings is 1. The molecule has 1 aromatic heterocycles. The third-order valence-corrected chi connectivity index (χ3v) is 2.07. The largest absolute Gasteiger partial charge is 0.261 e. The Bertz CT molecular complexity index is 452. The molecule has 2 heteroatoms. The molecule has 0 N–H and O–H groups in total. The molecular formula is C12H9FN. The molecule has 1 heterocycles. The number of aryl methyl sites for hydroxylation is 1. The number of hydrogen-bond donors (Lipinski definition) is 0. The monoisotopic (exact) mass is 186 g/mol. The van der Waals surface area contributed by atoms with Gasteiger partial charge in [0.05, 0.1) is 0 Å². The van der Waals surface area contributed by atoms with Crippen molar-refractivity contribution < 1.29 is 4.39 Å². The van der Waals surface area contributed by atoms with Crippen LogP contribution < -0.4 is 0 Å². The maximum atomic E-state index is 12.9. The predicted molar refractivity (Wildman–Crippen MR) is 53.2 cm³/mol. The van der Waals surface area contributed by atoms with Crippen LogP contribution in [0.4, 0.5) is 4.39 Å². The number of hydrogen-bond acceptors (Lipinski definition) is 1. The second-order valence-corrected chi connectivity index (χ2v) is 3.08. The molecule has 2 rings (SSSR count). The Morgan fingerprint density at radius 1 is 1.36 bits per heavy atom. The van der Waals surface area contributed by atoms with Gasteiger partial charge in [-0.3, -0.25) is 4.98 Å². The van der Waals surface area contributed by atoms with Crippen molar-refractivity contribution in [1.82, 2.24) is 4.98 Å². The van der Waals surface area contributed by atoms with Crippen LogP contribution in [0.15, 0.2) is 36.5 Å². The van der Waals surface area contributed by atoms with Crippen LogP contribution in [0.1, 0.15) is 5.69 Å². The fourth-order valence-corrected chi connectivity index (χ4v) is 1.39. The van der Waals surface area contributed by atoms with Gasteiger partial charge in [-0.25, -0.2) is 4.39 Å². The first kappa shape index (κ1) is 8.88. The quantitative estimate of drug-likeness (QED) is 0.667. The van der Waals surface area contributed by atoms with Crippen LogP contribution in [-0.4, -0.2) is 4.98 Å². The standard InChI is InChI=1S/C12H9FN/c1-9-12(6-3-7-14-9)10-4-2-5-11(13)8-10/h3-8H,1H3. The predicted octanol–water partition coefficient (Wildman–Crippen LogP) is 3.00. The average molecular weight is 186 g/mol. The molecule has 0 spiro atoms. The number of nitrogens with zero attached hydrogens (tertiary/aromatic N) is 1. The molecule has 14 heavy (non-hydrogen) atoms. The summed E-state index contributed by atoms with van der Waals surface area (Å²) in [6.07, 6.45) is 1.72. The molecule has 0 saturated heterocycles. The normalized spacial score (nSPS) is 10.1. The van der Waals surface area contributed by atoms with Crippen molar-refractivity contribution >= 4 is 0 Å². The summed E-state index contributed by atoms with van der Waals surface area (Å²) < 4.78 is 12.9. The smallest absolute Gasteiger partial charge is 0.124 e. The van der Waals surface area contributed by atoms with Gasteiger partial charge in [0.15, 0.2) is 0 Å². The molecule has 0 atom stereocenters. The highest BCUT2D eigenvalue weighted by atomic mass is 19.1. The van der Waals surface area contributed by atoms with E-state index >= 15 is 0 Å². The first-order chi connectivity index (χ1) is 6.77. The third-order valence-electron chi connectivity index (χ3n) is 2.07. The number of aromatic nitrogens is 1. The summed E-state index contributed by atoms with van der Waals surface area (Å²) in [6.45, 7) is 1.90. The van der Waals surface area contributed by atoms with Gasteiger partial charge in [0.1, 0.15) is 5.82 Å². The Kier molecular flexibility index (Phi) is 2.27. The van der Waals surface area contributed by atoms with Gasteiger partial charge in [-0.1, -0.05) is 6.07 Å². The third kappa shape index (κ3) is 1.64. The van der Waals surface area contributed by atoms with Gasteiger partial charge in [0.2, 0.25) is 0 Å². The van der Waals surface area contributed by atoms with Gasteiger partial charge >= 0.3 is 0 Å². The van der Waals surface area contributed by atoms with Crippen molar-refractivity contribution in [3.8, 4) is 11.1 Å². The van der Waals surface area contributed by atoms with Crippen LogP contribution in [0.25, 0.3) is 11.1 Å². The van der Waals surface area contributed by atoms with Gasteiger partial charge in [-0.05, 0) is 42.8 Å². The maximum absolute atomic E-state index is 12.9. The van der Waals surface area contributed by atoms with Gasteiger partial charge in [-0.2, -0.15) is 0 Å². The van der Waals surface area contributed by atoms with Crippen LogP contribution in [0, 0.1) is 18.8 Å². The van der Waals surface area contributed by atoms with Gasteiger partial charge in [0.25, 0.3) is 0 Å². The van der Waals surface area contributed by atoms with E-state index in [0.29, 0.717) is 0 Å². The molecule has 1 radical (unpaired) electrons. The zero-order valence-electron chi connectivity index (χ0n) is 7.79. The lowest BCUT2D eigenvalue weighted by atomic mass is 10.0. The molecule has 1 nitrogen and oxygen atoms in total. The average Bonchev–Trinajstić information content (AvgIpc) is 2.18. The minimum atomic E-state index is -0.272. The van der Waals surface area contributed by atoms with Crippen LogP contribution in [0.2, 0.25) is 0 Å². The molecule has 0 amide bonds. The van der Waals surface area contributed by atoms with E-state index in [9.17, 15) is 4.39 Å². The van der Waals surface area contributed by atoms with E-state index in [0.717, 1.165) is 16.8 Å². The van der Waals surface area contributed by atoms with Crippen molar-refractivity contribution in [1.29, 1.82) is 0 Å². The number of halogens is 1. The SMILES string of the molecule is Cc1ncccc1-c1c[c]cc(F)c1. The van der Waals surface area contributed by atoms with Crippen molar-refractivity contribution in [3.63, 3.8) is 0 Å². The van der Waals surface area contributed by atoms with E-state index in [1.54, 1.807) is 12.3 Å². The first-order valence-corrected chi connectivity index (χ1v) is 4.36. The van der Waals surface area contributed by atoms with Crippen LogP contribution in [-0.2, 0) is 0 Å². The minimum Gasteiger partial charge on any atom is -0.261 e. The molecule has 0 unspecified atom stereocenters. The topological polar surface area (TPSA) is 12.9 Å². The van der Waals surface area contributed by atoms with Crippen molar-refractivity contribution in [3.05, 3.63) is 54.1 Å². The summed E-state index contributed by atoms with van der Waals surface area (Å²) in [5.74, 6) is -0.272. The van der Waals surface area contributed by atoms with Crippen molar-refractivity contribution in [2.75, 3.05) is 0 Å². The summed E-state index contributed by atoms with van der Waals surface area (Å²) in [5, 5.41) is 0. The summed E-state index contributed by atoms with van der Waals surface area (Å²) in [4.78, 5) is 4.15. The van der Waals surface area contributed by atoms with E-state index in [4.69, 9.17) is 0 Å². The van der Waals surface area contributed by atoms with Crippen molar-refractivity contribution in [2.24, 2.45) is 0 Å². The molecular weight excluding hydrogens is 177 g/mol. The molecule has 0 bridgehead atoms. The molecule has 0 aliphatic heterocycles. The van der Waals surface area contributed by atoms with Crippen molar-refractivity contribution in [2.45, 2.75) is 6.92 Å².